The standard InChI is InChI=1S/C14H20N2/c15-13-10-3-9-4-11(13)7-14(5-9,6-10)12-1-2-16-8-12/h1-2,8-11,13,16H,3-7,15H2. The molecule has 4 aliphatic carbocycles. The number of nitrogens with one attached hydrogen (secondary N) is 1. The highest BCUT2D eigenvalue weighted by atomic mass is 14.8. The van der Waals surface area contributed by atoms with E-state index in [-0.39, 0.29) is 0 Å². The summed E-state index contributed by atoms with van der Waals surface area (Å²) >= 11 is 0. The minimum absolute atomic E-state index is 0.492. The van der Waals surface area contributed by atoms with Gasteiger partial charge in [-0.3, -0.25) is 0 Å². The zero-order valence-electron chi connectivity index (χ0n) is 9.65. The van der Waals surface area contributed by atoms with Gasteiger partial charge in [-0.2, -0.15) is 0 Å². The molecule has 2 atom stereocenters. The molecule has 0 aromatic carbocycles. The van der Waals surface area contributed by atoms with Crippen molar-refractivity contribution in [2.75, 3.05) is 0 Å². The highest BCUT2D eigenvalue weighted by Gasteiger charge is 2.54. The summed E-state index contributed by atoms with van der Waals surface area (Å²) in [5.74, 6) is 2.58. The van der Waals surface area contributed by atoms with Crippen LogP contribution in [0.3, 0.4) is 0 Å². The van der Waals surface area contributed by atoms with E-state index in [1.807, 2.05) is 0 Å². The topological polar surface area (TPSA) is 41.8 Å². The molecule has 0 radical (unpaired) electrons. The van der Waals surface area contributed by atoms with E-state index in [2.05, 4.69) is 23.4 Å². The van der Waals surface area contributed by atoms with E-state index in [0.29, 0.717) is 11.5 Å². The fourth-order valence-electron chi connectivity index (χ4n) is 5.07. The third-order valence-corrected chi connectivity index (χ3v) is 5.56. The monoisotopic (exact) mass is 216 g/mol. The van der Waals surface area contributed by atoms with Gasteiger partial charge in [0.25, 0.3) is 0 Å². The highest BCUT2D eigenvalue weighted by molar-refractivity contribution is 5.27. The van der Waals surface area contributed by atoms with Crippen LogP contribution in [0.15, 0.2) is 18.5 Å². The number of hydrogen-bond donors (Lipinski definition) is 2. The summed E-state index contributed by atoms with van der Waals surface area (Å²) in [6, 6.07) is 2.79. The quantitative estimate of drug-likeness (QED) is 0.743. The van der Waals surface area contributed by atoms with Crippen LogP contribution in [0.2, 0.25) is 0 Å². The number of hydrogen-bond acceptors (Lipinski definition) is 1. The minimum Gasteiger partial charge on any atom is -0.367 e. The van der Waals surface area contributed by atoms with Crippen LogP contribution in [0, 0.1) is 17.8 Å². The molecular weight excluding hydrogens is 196 g/mol. The fraction of sp³-hybridized carbons (Fsp3) is 0.714. The van der Waals surface area contributed by atoms with Gasteiger partial charge in [-0.05, 0) is 66.9 Å². The first-order valence-electron chi connectivity index (χ1n) is 6.66. The fourth-order valence-corrected chi connectivity index (χ4v) is 5.07. The number of aromatic amines is 1. The lowest BCUT2D eigenvalue weighted by atomic mass is 9.47. The molecule has 4 fully saturated rings. The Hall–Kier alpha value is -0.760. The lowest BCUT2D eigenvalue weighted by Crippen LogP contribution is -2.58. The van der Waals surface area contributed by atoms with E-state index in [1.165, 1.54) is 32.1 Å². The Labute approximate surface area is 96.6 Å². The third kappa shape index (κ3) is 1.06. The Morgan fingerprint density at radius 3 is 2.56 bits per heavy atom. The van der Waals surface area contributed by atoms with Crippen LogP contribution in [0.1, 0.15) is 37.7 Å². The molecule has 0 amide bonds. The maximum atomic E-state index is 6.37. The van der Waals surface area contributed by atoms with Crippen molar-refractivity contribution >= 4 is 0 Å². The molecule has 86 valence electrons. The molecule has 2 unspecified atom stereocenters. The molecule has 0 aliphatic heterocycles. The highest BCUT2D eigenvalue weighted by Crippen LogP contribution is 2.60. The van der Waals surface area contributed by atoms with Crippen molar-refractivity contribution in [1.82, 2.24) is 4.98 Å². The van der Waals surface area contributed by atoms with Gasteiger partial charge in [0, 0.05) is 18.4 Å². The molecule has 4 bridgehead atoms. The van der Waals surface area contributed by atoms with Gasteiger partial charge in [-0.15, -0.1) is 0 Å². The average molecular weight is 216 g/mol. The van der Waals surface area contributed by atoms with Gasteiger partial charge in [0.1, 0.15) is 0 Å². The zero-order valence-corrected chi connectivity index (χ0v) is 9.65. The summed E-state index contributed by atoms with van der Waals surface area (Å²) in [5.41, 5.74) is 8.42. The molecule has 3 N–H and O–H groups in total. The van der Waals surface area contributed by atoms with E-state index < -0.39 is 0 Å². The maximum Gasteiger partial charge on any atom is 0.00964 e. The van der Waals surface area contributed by atoms with Crippen LogP contribution in [0.5, 0.6) is 0 Å². The van der Waals surface area contributed by atoms with E-state index in [0.717, 1.165) is 17.8 Å². The molecule has 1 heterocycles. The molecule has 4 aliphatic rings. The minimum atomic E-state index is 0.492. The second-order valence-electron chi connectivity index (χ2n) is 6.43. The van der Waals surface area contributed by atoms with Crippen molar-refractivity contribution in [3.05, 3.63) is 24.0 Å². The summed E-state index contributed by atoms with van der Waals surface area (Å²) in [6.45, 7) is 0. The first-order chi connectivity index (χ1) is 7.77. The average Bonchev–Trinajstić information content (AvgIpc) is 2.78. The predicted molar refractivity (Wildman–Crippen MR) is 64.0 cm³/mol. The number of nitrogens with two attached hydrogens (primary N) is 1. The number of H-pyrrole nitrogens is 1. The van der Waals surface area contributed by atoms with Gasteiger partial charge in [0.2, 0.25) is 0 Å². The Morgan fingerprint density at radius 2 is 1.94 bits per heavy atom. The molecule has 2 heteroatoms. The molecular formula is C14H20N2. The van der Waals surface area contributed by atoms with Gasteiger partial charge >= 0.3 is 0 Å². The van der Waals surface area contributed by atoms with E-state index >= 15 is 0 Å². The van der Waals surface area contributed by atoms with Crippen molar-refractivity contribution in [3.8, 4) is 0 Å². The van der Waals surface area contributed by atoms with Crippen LogP contribution in [0.4, 0.5) is 0 Å². The summed E-state index contributed by atoms with van der Waals surface area (Å²) in [4.78, 5) is 3.23. The van der Waals surface area contributed by atoms with Crippen molar-refractivity contribution in [2.45, 2.75) is 43.6 Å². The largest absolute Gasteiger partial charge is 0.367 e. The van der Waals surface area contributed by atoms with Crippen molar-refractivity contribution in [1.29, 1.82) is 0 Å². The molecule has 4 saturated carbocycles. The molecule has 16 heavy (non-hydrogen) atoms. The van der Waals surface area contributed by atoms with Gasteiger partial charge in [-0.25, -0.2) is 0 Å². The number of rotatable bonds is 1. The Balaban J connectivity index is 1.77. The zero-order chi connectivity index (χ0) is 10.8. The Morgan fingerprint density at radius 1 is 1.19 bits per heavy atom. The van der Waals surface area contributed by atoms with Crippen molar-refractivity contribution < 1.29 is 0 Å². The molecule has 1 aromatic heterocycles. The second-order valence-corrected chi connectivity index (χ2v) is 6.43. The number of aromatic nitrogens is 1. The smallest absolute Gasteiger partial charge is 0.00964 e. The van der Waals surface area contributed by atoms with E-state index in [1.54, 1.807) is 5.56 Å². The first-order valence-corrected chi connectivity index (χ1v) is 6.66. The molecule has 0 spiro atoms. The molecule has 2 nitrogen and oxygen atoms in total. The summed E-state index contributed by atoms with van der Waals surface area (Å²) in [6.07, 6.45) is 11.2. The van der Waals surface area contributed by atoms with Crippen molar-refractivity contribution in [2.24, 2.45) is 23.5 Å². The summed E-state index contributed by atoms with van der Waals surface area (Å²) < 4.78 is 0. The van der Waals surface area contributed by atoms with E-state index in [9.17, 15) is 0 Å². The van der Waals surface area contributed by atoms with Crippen LogP contribution in [0.25, 0.3) is 0 Å². The van der Waals surface area contributed by atoms with Crippen LogP contribution in [-0.4, -0.2) is 11.0 Å². The summed E-state index contributed by atoms with van der Waals surface area (Å²) in [7, 11) is 0. The normalized spacial score (nSPS) is 49.8. The molecule has 0 saturated heterocycles. The lowest BCUT2D eigenvalue weighted by molar-refractivity contribution is -0.0225. The van der Waals surface area contributed by atoms with Crippen LogP contribution < -0.4 is 5.73 Å². The van der Waals surface area contributed by atoms with Crippen LogP contribution >= 0.6 is 0 Å². The Kier molecular flexibility index (Phi) is 1.69. The van der Waals surface area contributed by atoms with Crippen molar-refractivity contribution in [3.63, 3.8) is 0 Å². The SMILES string of the molecule is NC1C2CC3CC1CC(c1cc[nH]c1)(C3)C2. The van der Waals surface area contributed by atoms with E-state index in [4.69, 9.17) is 5.73 Å². The second kappa shape index (κ2) is 2.92. The third-order valence-electron chi connectivity index (χ3n) is 5.56. The van der Waals surface area contributed by atoms with Gasteiger partial charge in [-0.1, -0.05) is 0 Å². The molecule has 1 aromatic rings. The van der Waals surface area contributed by atoms with Gasteiger partial charge in [0.15, 0.2) is 0 Å². The van der Waals surface area contributed by atoms with Gasteiger partial charge < -0.3 is 10.7 Å². The predicted octanol–water partition coefficient (Wildman–Crippen LogP) is 2.42. The lowest BCUT2D eigenvalue weighted by Gasteiger charge is -2.59. The maximum absolute atomic E-state index is 6.37. The van der Waals surface area contributed by atoms with Gasteiger partial charge in [0.05, 0.1) is 0 Å². The summed E-state index contributed by atoms with van der Waals surface area (Å²) in [5, 5.41) is 0. The Bertz CT molecular complexity index is 379. The molecule has 5 rings (SSSR count). The van der Waals surface area contributed by atoms with Crippen LogP contribution in [-0.2, 0) is 5.41 Å². The first kappa shape index (κ1) is 9.29.